The summed E-state index contributed by atoms with van der Waals surface area (Å²) in [4.78, 5) is 0. The highest BCUT2D eigenvalue weighted by Crippen LogP contribution is 2.21. The van der Waals surface area contributed by atoms with E-state index in [4.69, 9.17) is 4.74 Å². The lowest BCUT2D eigenvalue weighted by Crippen LogP contribution is -2.38. The Morgan fingerprint density at radius 3 is 2.58 bits per heavy atom. The third kappa shape index (κ3) is 5.11. The molecule has 3 heteroatoms. The highest BCUT2D eigenvalue weighted by molar-refractivity contribution is 5.48. The highest BCUT2D eigenvalue weighted by Gasteiger charge is 2.24. The van der Waals surface area contributed by atoms with Gasteiger partial charge in [0, 0.05) is 18.3 Å². The van der Waals surface area contributed by atoms with Crippen LogP contribution in [0.15, 0.2) is 24.3 Å². The van der Waals surface area contributed by atoms with Gasteiger partial charge in [0.25, 0.3) is 0 Å². The van der Waals surface area contributed by atoms with Crippen LogP contribution >= 0.6 is 0 Å². The Labute approximate surface area is 117 Å². The number of ether oxygens (including phenoxy) is 1. The van der Waals surface area contributed by atoms with Crippen molar-refractivity contribution in [1.29, 1.82) is 0 Å². The number of hydrogen-bond acceptors (Lipinski definition) is 3. The van der Waals surface area contributed by atoms with Crippen LogP contribution in [-0.4, -0.2) is 23.4 Å². The van der Waals surface area contributed by atoms with Crippen LogP contribution in [0.2, 0.25) is 0 Å². The van der Waals surface area contributed by atoms with Gasteiger partial charge in [-0.25, -0.2) is 0 Å². The van der Waals surface area contributed by atoms with E-state index in [0.29, 0.717) is 6.54 Å². The van der Waals surface area contributed by atoms with Gasteiger partial charge < -0.3 is 15.2 Å². The van der Waals surface area contributed by atoms with Gasteiger partial charge in [-0.1, -0.05) is 26.8 Å². The molecule has 0 spiro atoms. The number of nitrogens with one attached hydrogen (secondary N) is 1. The molecule has 1 aromatic rings. The van der Waals surface area contributed by atoms with Crippen LogP contribution in [0.5, 0.6) is 5.75 Å². The zero-order valence-corrected chi connectivity index (χ0v) is 12.7. The second-order valence-electron chi connectivity index (χ2n) is 5.73. The molecule has 0 aromatic heterocycles. The largest absolute Gasteiger partial charge is 0.491 e. The first kappa shape index (κ1) is 15.8. The molecule has 0 amide bonds. The topological polar surface area (TPSA) is 41.5 Å². The standard InChI is InChI=1S/C16H27NO2/c1-6-13(4)19-15-9-7-8-14(10-15)17-11-16(5,18)12(2)3/h7-10,12-13,17-18H,6,11H2,1-5H3. The molecule has 0 aliphatic rings. The van der Waals surface area contributed by atoms with Gasteiger partial charge in [-0.2, -0.15) is 0 Å². The minimum Gasteiger partial charge on any atom is -0.491 e. The highest BCUT2D eigenvalue weighted by atomic mass is 16.5. The quantitative estimate of drug-likeness (QED) is 0.790. The summed E-state index contributed by atoms with van der Waals surface area (Å²) in [6.07, 6.45) is 1.20. The minimum absolute atomic E-state index is 0.208. The molecule has 0 bridgehead atoms. The van der Waals surface area contributed by atoms with E-state index in [0.717, 1.165) is 17.9 Å². The van der Waals surface area contributed by atoms with E-state index in [1.54, 1.807) is 0 Å². The minimum atomic E-state index is -0.715. The normalized spacial score (nSPS) is 15.9. The fraction of sp³-hybridized carbons (Fsp3) is 0.625. The lowest BCUT2D eigenvalue weighted by molar-refractivity contribution is 0.0266. The average Bonchev–Trinajstić information content (AvgIpc) is 2.36. The smallest absolute Gasteiger partial charge is 0.121 e. The summed E-state index contributed by atoms with van der Waals surface area (Å²) in [6.45, 7) is 10.6. The Kier molecular flexibility index (Phi) is 5.67. The van der Waals surface area contributed by atoms with Gasteiger partial charge in [0.1, 0.15) is 5.75 Å². The second kappa shape index (κ2) is 6.80. The number of rotatable bonds is 7. The van der Waals surface area contributed by atoms with Crippen molar-refractivity contribution in [2.45, 2.75) is 52.7 Å². The fourth-order valence-corrected chi connectivity index (χ4v) is 1.48. The van der Waals surface area contributed by atoms with E-state index >= 15 is 0 Å². The maximum Gasteiger partial charge on any atom is 0.121 e. The van der Waals surface area contributed by atoms with Gasteiger partial charge in [0.05, 0.1) is 11.7 Å². The summed E-state index contributed by atoms with van der Waals surface area (Å²) in [6, 6.07) is 7.88. The van der Waals surface area contributed by atoms with E-state index in [9.17, 15) is 5.11 Å². The van der Waals surface area contributed by atoms with E-state index in [-0.39, 0.29) is 12.0 Å². The van der Waals surface area contributed by atoms with Crippen molar-refractivity contribution in [3.05, 3.63) is 24.3 Å². The molecule has 0 aliphatic carbocycles. The molecule has 3 nitrogen and oxygen atoms in total. The lowest BCUT2D eigenvalue weighted by Gasteiger charge is -2.28. The van der Waals surface area contributed by atoms with E-state index in [1.165, 1.54) is 0 Å². The molecular weight excluding hydrogens is 238 g/mol. The zero-order valence-electron chi connectivity index (χ0n) is 12.7. The Morgan fingerprint density at radius 1 is 1.32 bits per heavy atom. The molecule has 0 aliphatic heterocycles. The first-order chi connectivity index (χ1) is 8.85. The first-order valence-corrected chi connectivity index (χ1v) is 7.08. The van der Waals surface area contributed by atoms with Crippen molar-refractivity contribution in [3.63, 3.8) is 0 Å². The molecule has 108 valence electrons. The average molecular weight is 265 g/mol. The summed E-state index contributed by atoms with van der Waals surface area (Å²) in [7, 11) is 0. The molecule has 1 rings (SSSR count). The van der Waals surface area contributed by atoms with Crippen LogP contribution < -0.4 is 10.1 Å². The maximum atomic E-state index is 10.2. The summed E-state index contributed by atoms with van der Waals surface area (Å²) in [5.41, 5.74) is 0.259. The summed E-state index contributed by atoms with van der Waals surface area (Å²) in [5, 5.41) is 13.5. The summed E-state index contributed by atoms with van der Waals surface area (Å²) < 4.78 is 5.78. The van der Waals surface area contributed by atoms with E-state index < -0.39 is 5.60 Å². The Hall–Kier alpha value is -1.22. The molecular formula is C16H27NO2. The van der Waals surface area contributed by atoms with Crippen LogP contribution in [0.25, 0.3) is 0 Å². The molecule has 0 fully saturated rings. The maximum absolute atomic E-state index is 10.2. The molecule has 2 unspecified atom stereocenters. The Bertz CT molecular complexity index is 388. The predicted octanol–water partition coefficient (Wildman–Crippen LogP) is 3.68. The molecule has 0 heterocycles. The molecule has 19 heavy (non-hydrogen) atoms. The molecule has 0 saturated heterocycles. The predicted molar refractivity (Wildman–Crippen MR) is 80.8 cm³/mol. The zero-order chi connectivity index (χ0) is 14.5. The van der Waals surface area contributed by atoms with Crippen LogP contribution in [0.1, 0.15) is 41.0 Å². The van der Waals surface area contributed by atoms with Gasteiger partial charge in [0.15, 0.2) is 0 Å². The summed E-state index contributed by atoms with van der Waals surface area (Å²) in [5.74, 6) is 1.07. The van der Waals surface area contributed by atoms with Gasteiger partial charge in [-0.05, 0) is 38.3 Å². The van der Waals surface area contributed by atoms with Crippen molar-refractivity contribution in [1.82, 2.24) is 0 Å². The molecule has 1 aromatic carbocycles. The van der Waals surface area contributed by atoms with E-state index in [1.807, 2.05) is 45.0 Å². The summed E-state index contributed by atoms with van der Waals surface area (Å²) >= 11 is 0. The first-order valence-electron chi connectivity index (χ1n) is 7.08. The SMILES string of the molecule is CCC(C)Oc1cccc(NCC(C)(O)C(C)C)c1. The molecule has 2 atom stereocenters. The third-order valence-corrected chi connectivity index (χ3v) is 3.64. The van der Waals surface area contributed by atoms with Crippen molar-refractivity contribution < 1.29 is 9.84 Å². The lowest BCUT2D eigenvalue weighted by atomic mass is 9.92. The monoisotopic (exact) mass is 265 g/mol. The molecule has 2 N–H and O–H groups in total. The van der Waals surface area contributed by atoms with Gasteiger partial charge in [-0.15, -0.1) is 0 Å². The number of aliphatic hydroxyl groups is 1. The fourth-order valence-electron chi connectivity index (χ4n) is 1.48. The number of benzene rings is 1. The van der Waals surface area contributed by atoms with Crippen molar-refractivity contribution in [2.75, 3.05) is 11.9 Å². The van der Waals surface area contributed by atoms with Crippen molar-refractivity contribution in [3.8, 4) is 5.75 Å². The third-order valence-electron chi connectivity index (χ3n) is 3.64. The van der Waals surface area contributed by atoms with Crippen molar-refractivity contribution in [2.24, 2.45) is 5.92 Å². The van der Waals surface area contributed by atoms with Gasteiger partial charge >= 0.3 is 0 Å². The molecule has 0 saturated carbocycles. The Morgan fingerprint density at radius 2 is 2.00 bits per heavy atom. The molecule has 0 radical (unpaired) electrons. The number of anilines is 1. The Balaban J connectivity index is 2.62. The van der Waals surface area contributed by atoms with Crippen molar-refractivity contribution >= 4 is 5.69 Å². The second-order valence-corrected chi connectivity index (χ2v) is 5.73. The van der Waals surface area contributed by atoms with Gasteiger partial charge in [0.2, 0.25) is 0 Å². The van der Waals surface area contributed by atoms with Gasteiger partial charge in [-0.3, -0.25) is 0 Å². The van der Waals surface area contributed by atoms with Crippen LogP contribution in [-0.2, 0) is 0 Å². The van der Waals surface area contributed by atoms with Crippen LogP contribution in [0.3, 0.4) is 0 Å². The van der Waals surface area contributed by atoms with Crippen LogP contribution in [0, 0.1) is 5.92 Å². The van der Waals surface area contributed by atoms with Crippen LogP contribution in [0.4, 0.5) is 5.69 Å². The van der Waals surface area contributed by atoms with E-state index in [2.05, 4.69) is 19.2 Å². The number of hydrogen-bond donors (Lipinski definition) is 2.